The summed E-state index contributed by atoms with van der Waals surface area (Å²) in [5.41, 5.74) is 1.51. The molecule has 7 heteroatoms. The number of carbonyl (C=O) groups is 1. The van der Waals surface area contributed by atoms with Crippen LogP contribution < -0.4 is 10.1 Å². The van der Waals surface area contributed by atoms with Gasteiger partial charge in [0.25, 0.3) is 0 Å². The summed E-state index contributed by atoms with van der Waals surface area (Å²) in [6, 6.07) is 5.60. The number of pyridine rings is 1. The molecule has 0 bridgehead atoms. The fourth-order valence-electron chi connectivity index (χ4n) is 2.62. The van der Waals surface area contributed by atoms with E-state index in [1.165, 1.54) is 0 Å². The Hall–Kier alpha value is -2.96. The van der Waals surface area contributed by atoms with Gasteiger partial charge >= 0.3 is 12.0 Å². The molecule has 0 atom stereocenters. The summed E-state index contributed by atoms with van der Waals surface area (Å²) in [6.07, 6.45) is 3.90. The smallest absolute Gasteiger partial charge is 0.335 e. The molecule has 7 nitrogen and oxygen atoms in total. The van der Waals surface area contributed by atoms with Gasteiger partial charge in [0, 0.05) is 23.0 Å². The first-order valence-electron chi connectivity index (χ1n) is 7.89. The molecule has 2 heterocycles. The zero-order valence-corrected chi connectivity index (χ0v) is 13.1. The van der Waals surface area contributed by atoms with Crippen molar-refractivity contribution in [2.45, 2.75) is 25.8 Å². The maximum atomic E-state index is 11.2. The van der Waals surface area contributed by atoms with E-state index in [0.717, 1.165) is 23.6 Å². The number of aromatic nitrogens is 3. The molecular formula is C17H16N4O3. The van der Waals surface area contributed by atoms with Crippen LogP contribution in [-0.2, 0) is 0 Å². The van der Waals surface area contributed by atoms with Gasteiger partial charge in [0.05, 0.1) is 17.7 Å². The van der Waals surface area contributed by atoms with E-state index in [2.05, 4.69) is 20.3 Å². The molecule has 3 aromatic rings. The van der Waals surface area contributed by atoms with Crippen molar-refractivity contribution in [2.24, 2.45) is 0 Å². The Balaban J connectivity index is 1.96. The molecule has 0 saturated heterocycles. The highest BCUT2D eigenvalue weighted by Crippen LogP contribution is 2.32. The molecule has 1 fully saturated rings. The van der Waals surface area contributed by atoms with Crippen molar-refractivity contribution in [3.05, 3.63) is 30.0 Å². The van der Waals surface area contributed by atoms with Crippen molar-refractivity contribution in [2.75, 3.05) is 11.9 Å². The number of carboxylic acid groups (broad SMARTS) is 1. The highest BCUT2D eigenvalue weighted by Gasteiger charge is 2.23. The first kappa shape index (κ1) is 14.6. The minimum atomic E-state index is -0.974. The van der Waals surface area contributed by atoms with Gasteiger partial charge in [-0.2, -0.15) is 4.98 Å². The van der Waals surface area contributed by atoms with Gasteiger partial charge in [0.2, 0.25) is 0 Å². The summed E-state index contributed by atoms with van der Waals surface area (Å²) in [5, 5.41) is 14.2. The second-order valence-corrected chi connectivity index (χ2v) is 5.76. The van der Waals surface area contributed by atoms with Gasteiger partial charge in [-0.25, -0.2) is 14.8 Å². The number of carboxylic acids is 1. The molecule has 122 valence electrons. The fourth-order valence-corrected chi connectivity index (χ4v) is 2.62. The van der Waals surface area contributed by atoms with Crippen molar-refractivity contribution in [1.29, 1.82) is 0 Å². The molecule has 4 rings (SSSR count). The van der Waals surface area contributed by atoms with Crippen LogP contribution in [0.4, 0.5) is 5.82 Å². The largest absolute Gasteiger partial charge is 0.478 e. The maximum absolute atomic E-state index is 11.2. The van der Waals surface area contributed by atoms with E-state index < -0.39 is 5.97 Å². The van der Waals surface area contributed by atoms with Crippen LogP contribution in [0.25, 0.3) is 21.8 Å². The molecule has 0 radical (unpaired) electrons. The van der Waals surface area contributed by atoms with E-state index >= 15 is 0 Å². The van der Waals surface area contributed by atoms with Crippen LogP contribution >= 0.6 is 0 Å². The van der Waals surface area contributed by atoms with Gasteiger partial charge in [-0.1, -0.05) is 6.07 Å². The van der Waals surface area contributed by atoms with Gasteiger partial charge in [-0.15, -0.1) is 0 Å². The van der Waals surface area contributed by atoms with E-state index in [1.54, 1.807) is 24.4 Å². The Morgan fingerprint density at radius 2 is 2.17 bits per heavy atom. The molecule has 2 aromatic heterocycles. The standard InChI is InChI=1S/C17H16N4O3/c1-2-24-17-18-8-12-11-6-3-9(16(22)23)7-13(11)20-15(14(12)21-17)19-10-4-5-10/h3,6-8,10H,2,4-5H2,1H3,(H,19,20)(H,22,23). The third-order valence-corrected chi connectivity index (χ3v) is 3.95. The second-order valence-electron chi connectivity index (χ2n) is 5.76. The number of ether oxygens (including phenoxy) is 1. The average Bonchev–Trinajstić information content (AvgIpc) is 3.39. The number of rotatable bonds is 5. The zero-order chi connectivity index (χ0) is 16.7. The maximum Gasteiger partial charge on any atom is 0.335 e. The van der Waals surface area contributed by atoms with E-state index in [1.807, 2.05) is 6.92 Å². The lowest BCUT2D eigenvalue weighted by atomic mass is 10.1. The lowest BCUT2D eigenvalue weighted by Gasteiger charge is -2.11. The van der Waals surface area contributed by atoms with Crippen LogP contribution in [0.2, 0.25) is 0 Å². The minimum Gasteiger partial charge on any atom is -0.478 e. The minimum absolute atomic E-state index is 0.207. The van der Waals surface area contributed by atoms with E-state index in [4.69, 9.17) is 4.74 Å². The molecule has 0 amide bonds. The first-order chi connectivity index (χ1) is 11.7. The third-order valence-electron chi connectivity index (χ3n) is 3.95. The van der Waals surface area contributed by atoms with Crippen LogP contribution in [0.15, 0.2) is 24.4 Å². The summed E-state index contributed by atoms with van der Waals surface area (Å²) in [4.78, 5) is 24.5. The highest BCUT2D eigenvalue weighted by molar-refractivity contribution is 6.09. The van der Waals surface area contributed by atoms with Crippen LogP contribution in [0.5, 0.6) is 6.01 Å². The molecule has 2 N–H and O–H groups in total. The molecule has 1 saturated carbocycles. The highest BCUT2D eigenvalue weighted by atomic mass is 16.5. The van der Waals surface area contributed by atoms with E-state index in [0.29, 0.717) is 35.5 Å². The Morgan fingerprint density at radius 3 is 2.88 bits per heavy atom. The quantitative estimate of drug-likeness (QED) is 0.696. The molecular weight excluding hydrogens is 308 g/mol. The van der Waals surface area contributed by atoms with Crippen molar-refractivity contribution in [3.8, 4) is 6.01 Å². The SMILES string of the molecule is CCOc1ncc2c(n1)c(NC1CC1)nc1cc(C(=O)O)ccc12. The Labute approximate surface area is 137 Å². The number of hydrogen-bond acceptors (Lipinski definition) is 6. The van der Waals surface area contributed by atoms with Crippen molar-refractivity contribution >= 4 is 33.6 Å². The Bertz CT molecular complexity index is 953. The third kappa shape index (κ3) is 2.58. The normalized spacial score (nSPS) is 14.0. The second kappa shape index (κ2) is 5.59. The van der Waals surface area contributed by atoms with Gasteiger partial charge < -0.3 is 15.2 Å². The van der Waals surface area contributed by atoms with Gasteiger partial charge in [-0.05, 0) is 31.9 Å². The molecule has 1 aromatic carbocycles. The number of hydrogen-bond donors (Lipinski definition) is 2. The number of aromatic carboxylic acids is 1. The molecule has 1 aliphatic rings. The summed E-state index contributed by atoms with van der Waals surface area (Å²) in [6.45, 7) is 2.36. The van der Waals surface area contributed by atoms with E-state index in [-0.39, 0.29) is 5.56 Å². The number of fused-ring (bicyclic) bond motifs is 3. The Kier molecular flexibility index (Phi) is 3.41. The predicted octanol–water partition coefficient (Wildman–Crippen LogP) is 2.85. The number of anilines is 1. The topological polar surface area (TPSA) is 97.2 Å². The summed E-state index contributed by atoms with van der Waals surface area (Å²) in [7, 11) is 0. The van der Waals surface area contributed by atoms with Crippen LogP contribution in [0.1, 0.15) is 30.1 Å². The van der Waals surface area contributed by atoms with E-state index in [9.17, 15) is 9.90 Å². The van der Waals surface area contributed by atoms with Crippen molar-refractivity contribution in [1.82, 2.24) is 15.0 Å². The summed E-state index contributed by atoms with van der Waals surface area (Å²) in [5.74, 6) is -0.329. The molecule has 24 heavy (non-hydrogen) atoms. The summed E-state index contributed by atoms with van der Waals surface area (Å²) < 4.78 is 5.40. The number of benzene rings is 1. The zero-order valence-electron chi connectivity index (χ0n) is 13.1. The lowest BCUT2D eigenvalue weighted by molar-refractivity contribution is 0.0697. The molecule has 0 unspecified atom stereocenters. The van der Waals surface area contributed by atoms with Gasteiger partial charge in [0.15, 0.2) is 5.82 Å². The monoisotopic (exact) mass is 324 g/mol. The average molecular weight is 324 g/mol. The fraction of sp³-hybridized carbons (Fsp3) is 0.294. The van der Waals surface area contributed by atoms with Crippen molar-refractivity contribution in [3.63, 3.8) is 0 Å². The Morgan fingerprint density at radius 1 is 1.33 bits per heavy atom. The molecule has 0 aliphatic heterocycles. The number of nitrogens with one attached hydrogen (secondary N) is 1. The molecule has 1 aliphatic carbocycles. The van der Waals surface area contributed by atoms with Crippen LogP contribution in [-0.4, -0.2) is 38.7 Å². The number of nitrogens with zero attached hydrogens (tertiary/aromatic N) is 3. The van der Waals surface area contributed by atoms with Crippen molar-refractivity contribution < 1.29 is 14.6 Å². The summed E-state index contributed by atoms with van der Waals surface area (Å²) >= 11 is 0. The lowest BCUT2D eigenvalue weighted by Crippen LogP contribution is -2.06. The van der Waals surface area contributed by atoms with Crippen LogP contribution in [0, 0.1) is 0 Å². The van der Waals surface area contributed by atoms with Gasteiger partial charge in [0.1, 0.15) is 5.52 Å². The molecule has 0 spiro atoms. The van der Waals surface area contributed by atoms with Gasteiger partial charge in [-0.3, -0.25) is 0 Å². The predicted molar refractivity (Wildman–Crippen MR) is 89.6 cm³/mol. The first-order valence-corrected chi connectivity index (χ1v) is 7.89. The van der Waals surface area contributed by atoms with Crippen LogP contribution in [0.3, 0.4) is 0 Å².